The van der Waals surface area contributed by atoms with Crippen molar-refractivity contribution >= 4 is 11.9 Å². The van der Waals surface area contributed by atoms with Crippen LogP contribution in [0.3, 0.4) is 0 Å². The van der Waals surface area contributed by atoms with Crippen LogP contribution in [0.25, 0.3) is 0 Å². The van der Waals surface area contributed by atoms with Crippen molar-refractivity contribution in [3.63, 3.8) is 0 Å². The summed E-state index contributed by atoms with van der Waals surface area (Å²) in [7, 11) is 0. The zero-order valence-electron chi connectivity index (χ0n) is 16.3. The molecule has 0 aliphatic rings. The van der Waals surface area contributed by atoms with Crippen molar-refractivity contribution in [3.8, 4) is 5.75 Å². The fourth-order valence-corrected chi connectivity index (χ4v) is 2.26. The molecule has 0 saturated carbocycles. The molecule has 2 rings (SSSR count). The van der Waals surface area contributed by atoms with Crippen molar-refractivity contribution in [2.24, 2.45) is 0 Å². The Labute approximate surface area is 166 Å². The van der Waals surface area contributed by atoms with Gasteiger partial charge in [-0.3, -0.25) is 4.79 Å². The molecule has 0 heterocycles. The van der Waals surface area contributed by atoms with Gasteiger partial charge in [0.05, 0.1) is 12.1 Å². The lowest BCUT2D eigenvalue weighted by Gasteiger charge is -2.19. The molecular formula is C21H22F3NO4. The number of Topliss-reactive ketones (excluding diaryl/α,β-unsaturated/α-hetero) is 1. The Morgan fingerprint density at radius 3 is 2.03 bits per heavy atom. The van der Waals surface area contributed by atoms with E-state index in [-0.39, 0.29) is 18.9 Å². The summed E-state index contributed by atoms with van der Waals surface area (Å²) in [5.74, 6) is 0.159. The number of benzene rings is 2. The van der Waals surface area contributed by atoms with Gasteiger partial charge in [0, 0.05) is 5.56 Å². The maximum absolute atomic E-state index is 12.6. The van der Waals surface area contributed by atoms with Crippen LogP contribution in [0.1, 0.15) is 42.3 Å². The summed E-state index contributed by atoms with van der Waals surface area (Å²) in [6.07, 6.45) is -5.05. The van der Waals surface area contributed by atoms with Crippen LogP contribution in [0.2, 0.25) is 0 Å². The molecule has 29 heavy (non-hydrogen) atoms. The molecule has 0 fully saturated rings. The number of carbonyl (C=O) groups is 2. The Kier molecular flexibility index (Phi) is 6.89. The summed E-state index contributed by atoms with van der Waals surface area (Å²) in [6.45, 7) is 5.04. The number of rotatable bonds is 6. The van der Waals surface area contributed by atoms with E-state index in [1.54, 1.807) is 45.0 Å². The van der Waals surface area contributed by atoms with Gasteiger partial charge in [-0.1, -0.05) is 12.1 Å². The minimum atomic E-state index is -4.37. The molecule has 156 valence electrons. The van der Waals surface area contributed by atoms with Gasteiger partial charge in [-0.05, 0) is 62.7 Å². The Hall–Kier alpha value is -3.03. The lowest BCUT2D eigenvalue weighted by atomic mass is 10.1. The van der Waals surface area contributed by atoms with Crippen LogP contribution in [-0.4, -0.2) is 24.0 Å². The van der Waals surface area contributed by atoms with Crippen LogP contribution in [-0.2, 0) is 17.5 Å². The van der Waals surface area contributed by atoms with E-state index in [2.05, 4.69) is 5.32 Å². The predicted octanol–water partition coefficient (Wildman–Crippen LogP) is 4.99. The number of ether oxygens (including phenoxy) is 2. The van der Waals surface area contributed by atoms with Crippen molar-refractivity contribution in [3.05, 3.63) is 65.2 Å². The van der Waals surface area contributed by atoms with Crippen molar-refractivity contribution in [1.82, 2.24) is 5.32 Å². The zero-order valence-corrected chi connectivity index (χ0v) is 16.3. The topological polar surface area (TPSA) is 64.6 Å². The molecular weight excluding hydrogens is 387 g/mol. The highest BCUT2D eigenvalue weighted by Gasteiger charge is 2.29. The summed E-state index contributed by atoms with van der Waals surface area (Å²) in [5.41, 5.74) is -0.411. The zero-order chi connectivity index (χ0) is 21.7. The van der Waals surface area contributed by atoms with Gasteiger partial charge in [0.1, 0.15) is 18.0 Å². The highest BCUT2D eigenvalue weighted by molar-refractivity contribution is 5.98. The molecule has 0 bridgehead atoms. The first-order valence-corrected chi connectivity index (χ1v) is 8.83. The number of alkyl carbamates (subject to hydrolysis) is 1. The van der Waals surface area contributed by atoms with Crippen LogP contribution in [0.5, 0.6) is 5.75 Å². The number of ketones is 1. The van der Waals surface area contributed by atoms with E-state index < -0.39 is 23.4 Å². The second kappa shape index (κ2) is 8.98. The van der Waals surface area contributed by atoms with Crippen LogP contribution in [0, 0.1) is 0 Å². The number of alkyl halides is 3. The third-order valence-corrected chi connectivity index (χ3v) is 3.66. The van der Waals surface area contributed by atoms with Crippen LogP contribution < -0.4 is 10.1 Å². The Morgan fingerprint density at radius 2 is 1.52 bits per heavy atom. The van der Waals surface area contributed by atoms with E-state index in [1.165, 1.54) is 12.1 Å². The number of hydrogen-bond donors (Lipinski definition) is 1. The predicted molar refractivity (Wildman–Crippen MR) is 101 cm³/mol. The molecule has 2 aromatic carbocycles. The largest absolute Gasteiger partial charge is 0.489 e. The Bertz CT molecular complexity index is 838. The van der Waals surface area contributed by atoms with Gasteiger partial charge in [0.15, 0.2) is 5.78 Å². The SMILES string of the molecule is CC(C)(C)OC(=O)NCC(=O)c1ccc(OCc2ccc(C(F)(F)F)cc2)cc1. The van der Waals surface area contributed by atoms with E-state index in [0.717, 1.165) is 12.1 Å². The minimum absolute atomic E-state index is 0.0889. The van der Waals surface area contributed by atoms with Crippen molar-refractivity contribution in [1.29, 1.82) is 0 Å². The normalized spacial score (nSPS) is 11.7. The number of halogens is 3. The average Bonchev–Trinajstić information content (AvgIpc) is 2.63. The third kappa shape index (κ3) is 7.48. The molecule has 5 nitrogen and oxygen atoms in total. The molecule has 0 aromatic heterocycles. The summed E-state index contributed by atoms with van der Waals surface area (Å²) in [6, 6.07) is 10.9. The lowest BCUT2D eigenvalue weighted by Crippen LogP contribution is -2.35. The maximum Gasteiger partial charge on any atom is 0.416 e. The first-order chi connectivity index (χ1) is 13.4. The van der Waals surface area contributed by atoms with Gasteiger partial charge >= 0.3 is 12.3 Å². The van der Waals surface area contributed by atoms with Crippen molar-refractivity contribution < 1.29 is 32.2 Å². The van der Waals surface area contributed by atoms with E-state index >= 15 is 0 Å². The van der Waals surface area contributed by atoms with Gasteiger partial charge in [-0.15, -0.1) is 0 Å². The van der Waals surface area contributed by atoms with E-state index in [9.17, 15) is 22.8 Å². The molecule has 0 aliphatic heterocycles. The van der Waals surface area contributed by atoms with E-state index in [0.29, 0.717) is 16.9 Å². The van der Waals surface area contributed by atoms with Crippen molar-refractivity contribution in [2.45, 2.75) is 39.2 Å². The van der Waals surface area contributed by atoms with Crippen LogP contribution >= 0.6 is 0 Å². The molecule has 8 heteroatoms. The number of hydrogen-bond acceptors (Lipinski definition) is 4. The number of amides is 1. The maximum atomic E-state index is 12.6. The lowest BCUT2D eigenvalue weighted by molar-refractivity contribution is -0.137. The van der Waals surface area contributed by atoms with Crippen LogP contribution in [0.4, 0.5) is 18.0 Å². The number of carbonyl (C=O) groups excluding carboxylic acids is 2. The number of nitrogens with one attached hydrogen (secondary N) is 1. The molecule has 0 atom stereocenters. The fraction of sp³-hybridized carbons (Fsp3) is 0.333. The first-order valence-electron chi connectivity index (χ1n) is 8.83. The highest BCUT2D eigenvalue weighted by atomic mass is 19.4. The Morgan fingerprint density at radius 1 is 0.931 bits per heavy atom. The van der Waals surface area contributed by atoms with Gasteiger partial charge in [0.25, 0.3) is 0 Å². The molecule has 2 aromatic rings. The smallest absolute Gasteiger partial charge is 0.416 e. The highest BCUT2D eigenvalue weighted by Crippen LogP contribution is 2.29. The summed E-state index contributed by atoms with van der Waals surface area (Å²) in [5, 5.41) is 2.39. The molecule has 0 aliphatic carbocycles. The van der Waals surface area contributed by atoms with E-state index in [1.807, 2.05) is 0 Å². The first kappa shape index (κ1) is 22.3. The fourth-order valence-electron chi connectivity index (χ4n) is 2.26. The summed E-state index contributed by atoms with van der Waals surface area (Å²) in [4.78, 5) is 23.7. The molecule has 0 radical (unpaired) electrons. The van der Waals surface area contributed by atoms with Gasteiger partial charge in [-0.2, -0.15) is 13.2 Å². The minimum Gasteiger partial charge on any atom is -0.489 e. The molecule has 0 saturated heterocycles. The van der Waals surface area contributed by atoms with E-state index in [4.69, 9.17) is 9.47 Å². The van der Waals surface area contributed by atoms with Gasteiger partial charge in [0.2, 0.25) is 0 Å². The molecule has 1 N–H and O–H groups in total. The standard InChI is InChI=1S/C21H22F3NO4/c1-20(2,3)29-19(27)25-12-18(26)15-6-10-17(11-7-15)28-13-14-4-8-16(9-5-14)21(22,23)24/h4-11H,12-13H2,1-3H3,(H,25,27). The van der Waals surface area contributed by atoms with Gasteiger partial charge < -0.3 is 14.8 Å². The quantitative estimate of drug-likeness (QED) is 0.683. The average molecular weight is 409 g/mol. The summed E-state index contributed by atoms with van der Waals surface area (Å²) < 4.78 is 48.2. The monoisotopic (exact) mass is 409 g/mol. The van der Waals surface area contributed by atoms with Crippen molar-refractivity contribution in [2.75, 3.05) is 6.54 Å². The summed E-state index contributed by atoms with van der Waals surface area (Å²) >= 11 is 0. The molecule has 0 spiro atoms. The second-order valence-electron chi connectivity index (χ2n) is 7.29. The molecule has 0 unspecified atom stereocenters. The van der Waals surface area contributed by atoms with Crippen LogP contribution in [0.15, 0.2) is 48.5 Å². The van der Waals surface area contributed by atoms with Gasteiger partial charge in [-0.25, -0.2) is 4.79 Å². The second-order valence-corrected chi connectivity index (χ2v) is 7.29. The Balaban J connectivity index is 1.85. The molecule has 1 amide bonds. The third-order valence-electron chi connectivity index (χ3n) is 3.66.